The first kappa shape index (κ1) is 11.2. The first-order valence-electron chi connectivity index (χ1n) is 5.48. The molecular formula is C11H11FN4O2. The van der Waals surface area contributed by atoms with Gasteiger partial charge in [0.05, 0.1) is 18.6 Å². The molecule has 0 spiro atoms. The summed E-state index contributed by atoms with van der Waals surface area (Å²) in [6.45, 7) is 1.55. The molecule has 1 N–H and O–H groups in total. The predicted molar refractivity (Wildman–Crippen MR) is 60.2 cm³/mol. The van der Waals surface area contributed by atoms with Crippen LogP contribution in [0.3, 0.4) is 0 Å². The summed E-state index contributed by atoms with van der Waals surface area (Å²) in [6, 6.07) is 0. The summed E-state index contributed by atoms with van der Waals surface area (Å²) < 4.78 is 20.6. The van der Waals surface area contributed by atoms with Crippen LogP contribution in [0.4, 0.5) is 4.39 Å². The van der Waals surface area contributed by atoms with Crippen LogP contribution in [0.15, 0.2) is 24.6 Å². The molecule has 7 heteroatoms. The molecule has 0 amide bonds. The average molecular weight is 250 g/mol. The lowest BCUT2D eigenvalue weighted by Gasteiger charge is -2.14. The number of aliphatic hydroxyl groups excluding tert-OH is 1. The van der Waals surface area contributed by atoms with Crippen LogP contribution in [0.5, 0.6) is 0 Å². The van der Waals surface area contributed by atoms with Crippen molar-refractivity contribution in [1.29, 1.82) is 0 Å². The Labute approximate surface area is 102 Å². The Morgan fingerprint density at radius 3 is 3.00 bits per heavy atom. The molecule has 0 bridgehead atoms. The van der Waals surface area contributed by atoms with E-state index >= 15 is 0 Å². The highest BCUT2D eigenvalue weighted by atomic mass is 19.1. The highest BCUT2D eigenvalue weighted by Crippen LogP contribution is 2.31. The van der Waals surface area contributed by atoms with Gasteiger partial charge in [0.25, 0.3) is 0 Å². The summed E-state index contributed by atoms with van der Waals surface area (Å²) in [5.74, 6) is -0.454. The molecule has 3 rings (SSSR count). The number of halogens is 1. The smallest absolute Gasteiger partial charge is 0.189 e. The van der Waals surface area contributed by atoms with Crippen molar-refractivity contribution in [3.63, 3.8) is 0 Å². The lowest BCUT2D eigenvalue weighted by Crippen LogP contribution is -2.16. The third kappa shape index (κ3) is 1.59. The van der Waals surface area contributed by atoms with Gasteiger partial charge in [0.15, 0.2) is 11.9 Å². The van der Waals surface area contributed by atoms with Crippen molar-refractivity contribution in [2.24, 2.45) is 0 Å². The van der Waals surface area contributed by atoms with Gasteiger partial charge in [-0.2, -0.15) is 0 Å². The van der Waals surface area contributed by atoms with Gasteiger partial charge in [-0.25, -0.2) is 19.3 Å². The van der Waals surface area contributed by atoms with Crippen molar-refractivity contribution in [3.05, 3.63) is 30.3 Å². The van der Waals surface area contributed by atoms with E-state index in [9.17, 15) is 4.39 Å². The summed E-state index contributed by atoms with van der Waals surface area (Å²) in [6.07, 6.45) is 2.57. The Morgan fingerprint density at radius 2 is 2.28 bits per heavy atom. The van der Waals surface area contributed by atoms with Crippen LogP contribution < -0.4 is 0 Å². The number of nitrogens with zero attached hydrogens (tertiary/aromatic N) is 4. The average Bonchev–Trinajstić information content (AvgIpc) is 2.93. The van der Waals surface area contributed by atoms with Gasteiger partial charge in [-0.3, -0.25) is 4.57 Å². The van der Waals surface area contributed by atoms with Gasteiger partial charge in [0.2, 0.25) is 0 Å². The number of hydrogen-bond donors (Lipinski definition) is 1. The highest BCUT2D eigenvalue weighted by Gasteiger charge is 2.30. The Hall–Kier alpha value is -1.86. The standard InChI is InChI=1S/C11H11FN4O2/c1-6-9-10(14-4-13-6)16(5-15-9)11-8(12)2-7(3-17)18-11/h2,4-5,7,11,17H,3H2,1H3. The maximum atomic E-state index is 13.7. The highest BCUT2D eigenvalue weighted by molar-refractivity contribution is 5.72. The molecule has 94 valence electrons. The SMILES string of the molecule is Cc1ncnc2c1ncn2C1OC(CO)C=C1F. The van der Waals surface area contributed by atoms with Crippen molar-refractivity contribution in [2.75, 3.05) is 6.61 Å². The number of aryl methyl sites for hydroxylation is 1. The summed E-state index contributed by atoms with van der Waals surface area (Å²) in [7, 11) is 0. The molecule has 1 aliphatic rings. The summed E-state index contributed by atoms with van der Waals surface area (Å²) >= 11 is 0. The second kappa shape index (κ2) is 4.11. The molecule has 2 unspecified atom stereocenters. The van der Waals surface area contributed by atoms with E-state index in [4.69, 9.17) is 9.84 Å². The third-order valence-electron chi connectivity index (χ3n) is 2.86. The van der Waals surface area contributed by atoms with E-state index in [0.29, 0.717) is 11.2 Å². The number of aromatic nitrogens is 4. The van der Waals surface area contributed by atoms with Gasteiger partial charge in [0.1, 0.15) is 23.8 Å². The molecule has 2 atom stereocenters. The number of imidazole rings is 1. The molecule has 0 aromatic carbocycles. The molecule has 6 nitrogen and oxygen atoms in total. The molecule has 0 saturated carbocycles. The largest absolute Gasteiger partial charge is 0.393 e. The van der Waals surface area contributed by atoms with Crippen LogP contribution in [-0.2, 0) is 4.74 Å². The molecule has 1 aliphatic heterocycles. The Balaban J connectivity index is 2.06. The van der Waals surface area contributed by atoms with Gasteiger partial charge < -0.3 is 9.84 Å². The second-order valence-corrected chi connectivity index (χ2v) is 4.04. The summed E-state index contributed by atoms with van der Waals surface area (Å²) in [5, 5.41) is 8.97. The van der Waals surface area contributed by atoms with Crippen LogP contribution in [0.2, 0.25) is 0 Å². The lowest BCUT2D eigenvalue weighted by atomic mass is 10.3. The van der Waals surface area contributed by atoms with Gasteiger partial charge in [-0.1, -0.05) is 0 Å². The second-order valence-electron chi connectivity index (χ2n) is 4.04. The fraction of sp³-hybridized carbons (Fsp3) is 0.364. The number of aliphatic hydroxyl groups is 1. The molecule has 2 aromatic heterocycles. The van der Waals surface area contributed by atoms with Gasteiger partial charge in [0, 0.05) is 0 Å². The minimum Gasteiger partial charge on any atom is -0.393 e. The van der Waals surface area contributed by atoms with Gasteiger partial charge in [-0.15, -0.1) is 0 Å². The fourth-order valence-corrected chi connectivity index (χ4v) is 1.96. The molecule has 0 aliphatic carbocycles. The summed E-state index contributed by atoms with van der Waals surface area (Å²) in [4.78, 5) is 12.3. The molecule has 18 heavy (non-hydrogen) atoms. The Kier molecular flexibility index (Phi) is 2.57. The first-order chi connectivity index (χ1) is 8.70. The van der Waals surface area contributed by atoms with E-state index in [0.717, 1.165) is 5.69 Å². The number of ether oxygens (including phenoxy) is 1. The van der Waals surface area contributed by atoms with Crippen LogP contribution in [0.25, 0.3) is 11.2 Å². The molecule has 2 aromatic rings. The van der Waals surface area contributed by atoms with E-state index in [1.165, 1.54) is 23.3 Å². The number of rotatable bonds is 2. The van der Waals surface area contributed by atoms with E-state index in [-0.39, 0.29) is 6.61 Å². The zero-order valence-corrected chi connectivity index (χ0v) is 9.62. The predicted octanol–water partition coefficient (Wildman–Crippen LogP) is 0.878. The van der Waals surface area contributed by atoms with Crippen LogP contribution in [0.1, 0.15) is 11.9 Å². The number of hydrogen-bond acceptors (Lipinski definition) is 5. The fourth-order valence-electron chi connectivity index (χ4n) is 1.96. The molecule has 0 saturated heterocycles. The quantitative estimate of drug-likeness (QED) is 0.856. The minimum absolute atomic E-state index is 0.259. The molecule has 3 heterocycles. The Bertz CT molecular complexity index is 625. The van der Waals surface area contributed by atoms with Gasteiger partial charge in [-0.05, 0) is 13.0 Å². The number of fused-ring (bicyclic) bond motifs is 1. The van der Waals surface area contributed by atoms with E-state index < -0.39 is 18.2 Å². The molecule has 0 fully saturated rings. The monoisotopic (exact) mass is 250 g/mol. The van der Waals surface area contributed by atoms with Crippen molar-refractivity contribution in [2.45, 2.75) is 19.3 Å². The zero-order valence-electron chi connectivity index (χ0n) is 9.62. The van der Waals surface area contributed by atoms with Gasteiger partial charge >= 0.3 is 0 Å². The summed E-state index contributed by atoms with van der Waals surface area (Å²) in [5.41, 5.74) is 1.84. The van der Waals surface area contributed by atoms with Crippen molar-refractivity contribution < 1.29 is 14.2 Å². The van der Waals surface area contributed by atoms with Crippen LogP contribution >= 0.6 is 0 Å². The molecule has 0 radical (unpaired) electrons. The van der Waals surface area contributed by atoms with Crippen molar-refractivity contribution >= 4 is 11.2 Å². The lowest BCUT2D eigenvalue weighted by molar-refractivity contribution is -0.0174. The molecular weight excluding hydrogens is 239 g/mol. The van der Waals surface area contributed by atoms with E-state index in [1.54, 1.807) is 6.92 Å². The topological polar surface area (TPSA) is 73.1 Å². The van der Waals surface area contributed by atoms with Crippen LogP contribution in [-0.4, -0.2) is 37.3 Å². The van der Waals surface area contributed by atoms with E-state index in [2.05, 4.69) is 15.0 Å². The normalized spacial score (nSPS) is 23.6. The van der Waals surface area contributed by atoms with E-state index in [1.807, 2.05) is 0 Å². The third-order valence-corrected chi connectivity index (χ3v) is 2.86. The maximum Gasteiger partial charge on any atom is 0.189 e. The first-order valence-corrected chi connectivity index (χ1v) is 5.48. The van der Waals surface area contributed by atoms with Crippen molar-refractivity contribution in [1.82, 2.24) is 19.5 Å². The minimum atomic E-state index is -0.915. The van der Waals surface area contributed by atoms with Crippen LogP contribution in [0, 0.1) is 6.92 Å². The zero-order chi connectivity index (χ0) is 12.7. The Morgan fingerprint density at radius 1 is 1.44 bits per heavy atom. The van der Waals surface area contributed by atoms with Crippen molar-refractivity contribution in [3.8, 4) is 0 Å². The maximum absolute atomic E-state index is 13.7.